The average Bonchev–Trinajstić information content (AvgIpc) is 2.73. The fraction of sp³-hybridized carbons (Fsp3) is 0.174. The summed E-state index contributed by atoms with van der Waals surface area (Å²) < 4.78 is 10.9. The van der Waals surface area contributed by atoms with Crippen molar-refractivity contribution in [2.45, 2.75) is 12.5 Å². The van der Waals surface area contributed by atoms with Gasteiger partial charge in [0.05, 0.1) is 13.2 Å². The van der Waals surface area contributed by atoms with Gasteiger partial charge in [0.1, 0.15) is 0 Å². The number of hydrogen-bond acceptors (Lipinski definition) is 3. The fourth-order valence-electron chi connectivity index (χ4n) is 2.90. The monoisotopic (exact) mass is 361 g/mol. The van der Waals surface area contributed by atoms with Gasteiger partial charge in [-0.2, -0.15) is 0 Å². The zero-order chi connectivity index (χ0) is 18.9. The highest BCUT2D eigenvalue weighted by molar-refractivity contribution is 5.78. The van der Waals surface area contributed by atoms with E-state index < -0.39 is 0 Å². The van der Waals surface area contributed by atoms with Gasteiger partial charge in [-0.1, -0.05) is 72.8 Å². The fourth-order valence-corrected chi connectivity index (χ4v) is 2.90. The van der Waals surface area contributed by atoms with Crippen LogP contribution in [-0.4, -0.2) is 19.6 Å². The summed E-state index contributed by atoms with van der Waals surface area (Å²) in [6.07, 6.45) is 0.714. The number of hydrogen-bond donors (Lipinski definition) is 1. The molecule has 0 saturated carbocycles. The number of para-hydroxylation sites is 2. The number of ether oxygens (including phenoxy) is 2. The van der Waals surface area contributed by atoms with Crippen molar-refractivity contribution in [3.05, 3.63) is 96.1 Å². The lowest BCUT2D eigenvalue weighted by atomic mass is 9.99. The maximum Gasteiger partial charge on any atom is 0.258 e. The minimum atomic E-state index is -0.175. The second-order valence-electron chi connectivity index (χ2n) is 6.16. The Morgan fingerprint density at radius 1 is 0.852 bits per heavy atom. The average molecular weight is 361 g/mol. The van der Waals surface area contributed by atoms with Crippen LogP contribution in [0.3, 0.4) is 0 Å². The Kier molecular flexibility index (Phi) is 6.47. The molecule has 27 heavy (non-hydrogen) atoms. The van der Waals surface area contributed by atoms with Crippen LogP contribution in [-0.2, 0) is 11.2 Å². The van der Waals surface area contributed by atoms with Crippen LogP contribution in [0.15, 0.2) is 84.9 Å². The van der Waals surface area contributed by atoms with E-state index in [1.54, 1.807) is 19.2 Å². The van der Waals surface area contributed by atoms with Crippen molar-refractivity contribution >= 4 is 5.91 Å². The number of carbonyl (C=O) groups is 1. The lowest BCUT2D eigenvalue weighted by Gasteiger charge is -2.20. The molecule has 1 N–H and O–H groups in total. The zero-order valence-electron chi connectivity index (χ0n) is 15.3. The van der Waals surface area contributed by atoms with Crippen LogP contribution in [0.2, 0.25) is 0 Å². The number of rotatable bonds is 8. The molecule has 1 atom stereocenters. The highest BCUT2D eigenvalue weighted by atomic mass is 16.5. The summed E-state index contributed by atoms with van der Waals surface area (Å²) in [5.74, 6) is 0.981. The Bertz CT molecular complexity index is 850. The number of carbonyl (C=O) groups excluding carboxylic acids is 1. The van der Waals surface area contributed by atoms with Gasteiger partial charge < -0.3 is 14.8 Å². The maximum absolute atomic E-state index is 12.5. The van der Waals surface area contributed by atoms with E-state index in [9.17, 15) is 4.79 Å². The van der Waals surface area contributed by atoms with Crippen molar-refractivity contribution in [2.24, 2.45) is 0 Å². The number of methoxy groups -OCH3 is 1. The highest BCUT2D eigenvalue weighted by Crippen LogP contribution is 2.25. The first kappa shape index (κ1) is 18.5. The molecule has 0 saturated heterocycles. The molecule has 0 spiro atoms. The van der Waals surface area contributed by atoms with Crippen molar-refractivity contribution in [3.8, 4) is 11.5 Å². The predicted molar refractivity (Wildman–Crippen MR) is 106 cm³/mol. The van der Waals surface area contributed by atoms with Gasteiger partial charge in [0.15, 0.2) is 18.1 Å². The molecule has 0 aliphatic carbocycles. The molecule has 0 heterocycles. The number of benzene rings is 3. The van der Waals surface area contributed by atoms with Crippen molar-refractivity contribution in [1.29, 1.82) is 0 Å². The molecular weight excluding hydrogens is 338 g/mol. The summed E-state index contributed by atoms with van der Waals surface area (Å²) in [5.41, 5.74) is 2.23. The molecule has 0 aliphatic rings. The molecule has 0 aliphatic heterocycles. The van der Waals surface area contributed by atoms with Crippen LogP contribution in [0.25, 0.3) is 0 Å². The van der Waals surface area contributed by atoms with E-state index in [1.807, 2.05) is 60.7 Å². The first-order valence-electron chi connectivity index (χ1n) is 8.90. The van der Waals surface area contributed by atoms with Crippen LogP contribution >= 0.6 is 0 Å². The minimum Gasteiger partial charge on any atom is -0.493 e. The van der Waals surface area contributed by atoms with Crippen LogP contribution in [0.4, 0.5) is 0 Å². The predicted octanol–water partition coefficient (Wildman–Crippen LogP) is 4.17. The summed E-state index contributed by atoms with van der Waals surface area (Å²) in [4.78, 5) is 12.5. The molecular formula is C23H23NO3. The lowest BCUT2D eigenvalue weighted by Crippen LogP contribution is -2.33. The number of nitrogens with one attached hydrogen (secondary N) is 1. The van der Waals surface area contributed by atoms with Crippen molar-refractivity contribution in [1.82, 2.24) is 5.32 Å². The highest BCUT2D eigenvalue weighted by Gasteiger charge is 2.16. The van der Waals surface area contributed by atoms with E-state index in [4.69, 9.17) is 9.47 Å². The van der Waals surface area contributed by atoms with Crippen LogP contribution in [0.1, 0.15) is 17.2 Å². The third kappa shape index (κ3) is 5.35. The first-order valence-corrected chi connectivity index (χ1v) is 8.90. The van der Waals surface area contributed by atoms with Crippen LogP contribution in [0, 0.1) is 0 Å². The SMILES string of the molecule is COc1ccccc1OCC(=O)N[C@H](Cc1ccccc1)c1ccccc1. The topological polar surface area (TPSA) is 47.6 Å². The Balaban J connectivity index is 1.67. The third-order valence-corrected chi connectivity index (χ3v) is 4.25. The summed E-state index contributed by atoms with van der Waals surface area (Å²) in [7, 11) is 1.58. The van der Waals surface area contributed by atoms with Gasteiger partial charge in [-0.05, 0) is 29.7 Å². The van der Waals surface area contributed by atoms with E-state index in [-0.39, 0.29) is 18.6 Å². The summed E-state index contributed by atoms with van der Waals surface area (Å²) in [6.45, 7) is -0.0709. The van der Waals surface area contributed by atoms with E-state index in [1.165, 1.54) is 0 Å². The third-order valence-electron chi connectivity index (χ3n) is 4.25. The van der Waals surface area contributed by atoms with E-state index in [2.05, 4.69) is 17.4 Å². The molecule has 3 rings (SSSR count). The maximum atomic E-state index is 12.5. The van der Waals surface area contributed by atoms with Gasteiger partial charge in [-0.15, -0.1) is 0 Å². The largest absolute Gasteiger partial charge is 0.493 e. The van der Waals surface area contributed by atoms with Gasteiger partial charge in [0.2, 0.25) is 0 Å². The molecule has 3 aromatic carbocycles. The van der Waals surface area contributed by atoms with E-state index >= 15 is 0 Å². The van der Waals surface area contributed by atoms with Gasteiger partial charge >= 0.3 is 0 Å². The Morgan fingerprint density at radius 3 is 2.11 bits per heavy atom. The van der Waals surface area contributed by atoms with Gasteiger partial charge in [-0.25, -0.2) is 0 Å². The summed E-state index contributed by atoms with van der Waals surface area (Å²) in [6, 6.07) is 27.3. The lowest BCUT2D eigenvalue weighted by molar-refractivity contribution is -0.123. The van der Waals surface area contributed by atoms with E-state index in [0.717, 1.165) is 11.1 Å². The molecule has 4 heteroatoms. The summed E-state index contributed by atoms with van der Waals surface area (Å²) >= 11 is 0. The van der Waals surface area contributed by atoms with Gasteiger partial charge in [0.25, 0.3) is 5.91 Å². The summed E-state index contributed by atoms with van der Waals surface area (Å²) in [5, 5.41) is 3.08. The Hall–Kier alpha value is -3.27. The smallest absolute Gasteiger partial charge is 0.258 e. The molecule has 4 nitrogen and oxygen atoms in total. The van der Waals surface area contributed by atoms with Crippen LogP contribution < -0.4 is 14.8 Å². The van der Waals surface area contributed by atoms with Crippen LogP contribution in [0.5, 0.6) is 11.5 Å². The molecule has 3 aromatic rings. The van der Waals surface area contributed by atoms with Crippen molar-refractivity contribution in [2.75, 3.05) is 13.7 Å². The van der Waals surface area contributed by atoms with Crippen molar-refractivity contribution in [3.63, 3.8) is 0 Å². The zero-order valence-corrected chi connectivity index (χ0v) is 15.3. The molecule has 0 fully saturated rings. The normalized spacial score (nSPS) is 11.4. The standard InChI is InChI=1S/C23H23NO3/c1-26-21-14-8-9-15-22(21)27-17-23(25)24-20(19-12-6-3-7-13-19)16-18-10-4-2-5-11-18/h2-15,20H,16-17H2,1H3,(H,24,25)/t20-/m1/s1. The van der Waals surface area contributed by atoms with E-state index in [0.29, 0.717) is 17.9 Å². The molecule has 0 aromatic heterocycles. The first-order chi connectivity index (χ1) is 13.3. The Labute approximate surface area is 159 Å². The molecule has 0 unspecified atom stereocenters. The molecule has 0 radical (unpaired) electrons. The Morgan fingerprint density at radius 2 is 1.44 bits per heavy atom. The van der Waals surface area contributed by atoms with Gasteiger partial charge in [-0.3, -0.25) is 4.79 Å². The molecule has 0 bridgehead atoms. The minimum absolute atomic E-state index is 0.0709. The second kappa shape index (κ2) is 9.43. The quantitative estimate of drug-likeness (QED) is 0.655. The molecule has 138 valence electrons. The number of amides is 1. The van der Waals surface area contributed by atoms with Gasteiger partial charge in [0, 0.05) is 0 Å². The van der Waals surface area contributed by atoms with Crippen molar-refractivity contribution < 1.29 is 14.3 Å². The molecule has 1 amide bonds. The second-order valence-corrected chi connectivity index (χ2v) is 6.16.